The van der Waals surface area contributed by atoms with Gasteiger partial charge in [0.05, 0.1) is 16.3 Å². The number of ketones is 2. The fraction of sp³-hybridized carbons (Fsp3) is 0.333. The fourth-order valence-electron chi connectivity index (χ4n) is 5.70. The van der Waals surface area contributed by atoms with Crippen molar-refractivity contribution < 1.29 is 24.3 Å². The third-order valence-corrected chi connectivity index (χ3v) is 7.86. The Morgan fingerprint density at radius 1 is 1.16 bits per heavy atom. The largest absolute Gasteiger partial charge is 0.508 e. The SMILES string of the molecule is CCN1C(=O)[C@H]2[C@H](CC=C3[C@H](c4cc(Cl)ccc4O)C4=C(C[C@H]32)C(=O)C(Br)=CC4=O)C1=O. The summed E-state index contributed by atoms with van der Waals surface area (Å²) in [4.78, 5) is 53.5. The van der Waals surface area contributed by atoms with Crippen LogP contribution >= 0.6 is 27.5 Å². The molecule has 4 atom stereocenters. The molecule has 1 N–H and O–H groups in total. The maximum atomic E-state index is 13.2. The standard InChI is InChI=1S/C24H19BrClNO5/c1-2-27-23(31)12-5-4-11-13(20(12)24(27)32)8-15-21(18(29)9-16(25)22(15)30)19(11)14-7-10(26)3-6-17(14)28/h3-4,6-7,9,12-13,19-20,28H,2,5,8H2,1H3/t12-,13+,19+,20-/m0/s1. The van der Waals surface area contributed by atoms with Gasteiger partial charge in [-0.05, 0) is 59.8 Å². The van der Waals surface area contributed by atoms with E-state index in [4.69, 9.17) is 11.6 Å². The van der Waals surface area contributed by atoms with Crippen LogP contribution in [0.5, 0.6) is 5.75 Å². The zero-order valence-electron chi connectivity index (χ0n) is 17.1. The number of halogens is 2. The molecule has 8 heteroatoms. The van der Waals surface area contributed by atoms with Gasteiger partial charge in [0.25, 0.3) is 0 Å². The summed E-state index contributed by atoms with van der Waals surface area (Å²) >= 11 is 9.41. The minimum Gasteiger partial charge on any atom is -0.508 e. The Balaban J connectivity index is 1.73. The molecule has 0 saturated carbocycles. The van der Waals surface area contributed by atoms with Crippen LogP contribution in [0.3, 0.4) is 0 Å². The van der Waals surface area contributed by atoms with Gasteiger partial charge in [-0.2, -0.15) is 0 Å². The van der Waals surface area contributed by atoms with Gasteiger partial charge in [0.2, 0.25) is 11.8 Å². The molecule has 5 rings (SSSR count). The Kier molecular flexibility index (Phi) is 5.02. The minimum absolute atomic E-state index is 0.0483. The van der Waals surface area contributed by atoms with Gasteiger partial charge < -0.3 is 5.11 Å². The molecule has 1 saturated heterocycles. The normalized spacial score (nSPS) is 29.5. The number of benzene rings is 1. The van der Waals surface area contributed by atoms with Gasteiger partial charge in [0.15, 0.2) is 11.6 Å². The first-order valence-electron chi connectivity index (χ1n) is 10.5. The van der Waals surface area contributed by atoms with E-state index in [1.807, 2.05) is 6.08 Å². The van der Waals surface area contributed by atoms with Gasteiger partial charge in [-0.15, -0.1) is 0 Å². The van der Waals surface area contributed by atoms with E-state index in [1.54, 1.807) is 19.1 Å². The van der Waals surface area contributed by atoms with Gasteiger partial charge in [0, 0.05) is 40.3 Å². The number of Topliss-reactive ketones (excluding diaryl/α,β-unsaturated/α-hetero) is 1. The van der Waals surface area contributed by atoms with Gasteiger partial charge >= 0.3 is 0 Å². The molecule has 4 aliphatic rings. The topological polar surface area (TPSA) is 91.8 Å². The summed E-state index contributed by atoms with van der Waals surface area (Å²) in [6.07, 6.45) is 3.74. The maximum Gasteiger partial charge on any atom is 0.233 e. The lowest BCUT2D eigenvalue weighted by Gasteiger charge is -2.42. The van der Waals surface area contributed by atoms with Crippen LogP contribution in [0.15, 0.2) is 51.6 Å². The van der Waals surface area contributed by atoms with Gasteiger partial charge in [-0.1, -0.05) is 23.3 Å². The number of phenols is 1. The predicted octanol–water partition coefficient (Wildman–Crippen LogP) is 3.83. The first kappa shape index (κ1) is 21.3. The Morgan fingerprint density at radius 2 is 1.91 bits per heavy atom. The highest BCUT2D eigenvalue weighted by Crippen LogP contribution is 2.56. The van der Waals surface area contributed by atoms with E-state index in [-0.39, 0.29) is 40.0 Å². The lowest BCUT2D eigenvalue weighted by atomic mass is 9.59. The van der Waals surface area contributed by atoms with E-state index in [2.05, 4.69) is 15.9 Å². The summed E-state index contributed by atoms with van der Waals surface area (Å²) in [6, 6.07) is 4.59. The summed E-state index contributed by atoms with van der Waals surface area (Å²) in [6.45, 7) is 2.06. The Hall–Kier alpha value is -2.51. The first-order chi connectivity index (χ1) is 15.2. The number of hydrogen-bond donors (Lipinski definition) is 1. The molecule has 1 heterocycles. The number of phenolic OH excluding ortho intramolecular Hbond substituents is 1. The predicted molar refractivity (Wildman–Crippen MR) is 120 cm³/mol. The van der Waals surface area contributed by atoms with Crippen LogP contribution in [0.4, 0.5) is 0 Å². The number of carbonyl (C=O) groups is 4. The maximum absolute atomic E-state index is 13.2. The van der Waals surface area contributed by atoms with Crippen LogP contribution in [0.1, 0.15) is 31.2 Å². The number of allylic oxidation sites excluding steroid dienone is 6. The molecule has 1 aromatic carbocycles. The van der Waals surface area contributed by atoms with E-state index in [0.717, 1.165) is 5.57 Å². The number of aromatic hydroxyl groups is 1. The van der Waals surface area contributed by atoms with E-state index < -0.39 is 23.7 Å². The molecule has 0 unspecified atom stereocenters. The molecule has 164 valence electrons. The molecule has 1 aromatic rings. The Bertz CT molecular complexity index is 1210. The Labute approximate surface area is 197 Å². The van der Waals surface area contributed by atoms with Crippen LogP contribution < -0.4 is 0 Å². The van der Waals surface area contributed by atoms with E-state index in [9.17, 15) is 24.3 Å². The average Bonchev–Trinajstić information content (AvgIpc) is 3.02. The molecule has 0 spiro atoms. The van der Waals surface area contributed by atoms with Crippen LogP contribution in [-0.4, -0.2) is 39.9 Å². The number of amides is 2. The third kappa shape index (κ3) is 2.90. The molecule has 6 nitrogen and oxygen atoms in total. The summed E-state index contributed by atoms with van der Waals surface area (Å²) in [5, 5.41) is 11.1. The lowest BCUT2D eigenvalue weighted by molar-refractivity contribution is -0.139. The van der Waals surface area contributed by atoms with Crippen molar-refractivity contribution in [3.05, 3.63) is 62.1 Å². The summed E-state index contributed by atoms with van der Waals surface area (Å²) in [7, 11) is 0. The van der Waals surface area contributed by atoms with Crippen LogP contribution in [0, 0.1) is 17.8 Å². The van der Waals surface area contributed by atoms with Gasteiger partial charge in [-0.3, -0.25) is 24.1 Å². The zero-order valence-corrected chi connectivity index (χ0v) is 19.4. The van der Waals surface area contributed by atoms with Crippen molar-refractivity contribution in [2.24, 2.45) is 17.8 Å². The molecular weight excluding hydrogens is 498 g/mol. The van der Waals surface area contributed by atoms with Gasteiger partial charge in [-0.25, -0.2) is 0 Å². The van der Waals surface area contributed by atoms with Crippen molar-refractivity contribution in [3.63, 3.8) is 0 Å². The number of nitrogens with zero attached hydrogens (tertiary/aromatic N) is 1. The van der Waals surface area contributed by atoms with Crippen LogP contribution in [0.2, 0.25) is 5.02 Å². The van der Waals surface area contributed by atoms with Crippen molar-refractivity contribution >= 4 is 50.9 Å². The van der Waals surface area contributed by atoms with Crippen LogP contribution in [0.25, 0.3) is 0 Å². The van der Waals surface area contributed by atoms with Crippen molar-refractivity contribution in [1.82, 2.24) is 4.90 Å². The number of carbonyl (C=O) groups excluding carboxylic acids is 4. The zero-order chi connectivity index (χ0) is 22.9. The van der Waals surface area contributed by atoms with Crippen molar-refractivity contribution in [1.29, 1.82) is 0 Å². The number of fused-ring (bicyclic) bond motifs is 3. The molecule has 0 radical (unpaired) electrons. The third-order valence-electron chi connectivity index (χ3n) is 7.04. The smallest absolute Gasteiger partial charge is 0.233 e. The second-order valence-corrected chi connectivity index (χ2v) is 9.81. The molecule has 32 heavy (non-hydrogen) atoms. The molecular formula is C24H19BrClNO5. The van der Waals surface area contributed by atoms with Crippen molar-refractivity contribution in [2.75, 3.05) is 6.54 Å². The number of rotatable bonds is 2. The van der Waals surface area contributed by atoms with Gasteiger partial charge in [0.1, 0.15) is 5.75 Å². The highest BCUT2D eigenvalue weighted by molar-refractivity contribution is 9.12. The van der Waals surface area contributed by atoms with Crippen molar-refractivity contribution in [3.8, 4) is 5.75 Å². The monoisotopic (exact) mass is 515 g/mol. The summed E-state index contributed by atoms with van der Waals surface area (Å²) < 4.78 is 0.166. The number of imide groups is 1. The highest BCUT2D eigenvalue weighted by Gasteiger charge is 2.56. The molecule has 2 amide bonds. The molecule has 0 aromatic heterocycles. The molecule has 3 aliphatic carbocycles. The fourth-order valence-corrected chi connectivity index (χ4v) is 6.32. The summed E-state index contributed by atoms with van der Waals surface area (Å²) in [5.41, 5.74) is 1.83. The summed E-state index contributed by atoms with van der Waals surface area (Å²) in [5.74, 6) is -3.29. The van der Waals surface area contributed by atoms with Crippen LogP contribution in [-0.2, 0) is 19.2 Å². The first-order valence-corrected chi connectivity index (χ1v) is 11.6. The second kappa shape index (κ2) is 7.52. The van der Waals surface area contributed by atoms with Crippen molar-refractivity contribution in [2.45, 2.75) is 25.7 Å². The lowest BCUT2D eigenvalue weighted by Crippen LogP contribution is -2.39. The minimum atomic E-state index is -0.713. The van der Waals surface area contributed by atoms with E-state index in [1.165, 1.54) is 17.0 Å². The Morgan fingerprint density at radius 3 is 2.62 bits per heavy atom. The highest BCUT2D eigenvalue weighted by atomic mass is 79.9. The molecule has 1 aliphatic heterocycles. The molecule has 0 bridgehead atoms. The second-order valence-electron chi connectivity index (χ2n) is 8.52. The molecule has 1 fully saturated rings. The number of likely N-dealkylation sites (tertiary alicyclic amines) is 1. The quantitative estimate of drug-likeness (QED) is 0.366. The van der Waals surface area contributed by atoms with E-state index >= 15 is 0 Å². The number of hydrogen-bond acceptors (Lipinski definition) is 5. The van der Waals surface area contributed by atoms with E-state index in [0.29, 0.717) is 34.7 Å². The average molecular weight is 517 g/mol.